The van der Waals surface area contributed by atoms with E-state index in [2.05, 4.69) is 20.2 Å². The fraction of sp³-hybridized carbons (Fsp3) is 0.400. The number of aromatic nitrogens is 5. The molecule has 0 bridgehead atoms. The molecule has 2 aromatic heterocycles. The summed E-state index contributed by atoms with van der Waals surface area (Å²) in [7, 11) is 0. The van der Waals surface area contributed by atoms with E-state index in [1.807, 2.05) is 13.8 Å². The van der Waals surface area contributed by atoms with Gasteiger partial charge in [-0.25, -0.2) is 19.9 Å². The Balaban J connectivity index is 2.33. The first-order valence-corrected chi connectivity index (χ1v) is 6.70. The van der Waals surface area contributed by atoms with Crippen molar-refractivity contribution in [3.8, 4) is 0 Å². The summed E-state index contributed by atoms with van der Waals surface area (Å²) in [4.78, 5) is 19.8. The van der Waals surface area contributed by atoms with Crippen LogP contribution in [-0.2, 0) is 13.0 Å². The van der Waals surface area contributed by atoms with Gasteiger partial charge < -0.3 is 0 Å². The highest BCUT2D eigenvalue weighted by atomic mass is 35.5. The zero-order valence-corrected chi connectivity index (χ0v) is 11.5. The Morgan fingerprint density at radius 3 is 2.89 bits per heavy atom. The fourth-order valence-electron chi connectivity index (χ4n) is 1.41. The Kier molecular flexibility index (Phi) is 4.03. The maximum absolute atomic E-state index is 11.4. The molecule has 0 fully saturated rings. The fourth-order valence-corrected chi connectivity index (χ4v) is 2.59. The SMILES string of the molecule is CCc1nc(Cl)cc(Sc2n[nH]c(=O)n2CC)n1. The van der Waals surface area contributed by atoms with E-state index < -0.39 is 0 Å². The predicted octanol–water partition coefficient (Wildman–Crippen LogP) is 1.75. The van der Waals surface area contributed by atoms with Crippen LogP contribution in [0.5, 0.6) is 0 Å². The molecule has 1 N–H and O–H groups in total. The number of nitrogens with one attached hydrogen (secondary N) is 1. The van der Waals surface area contributed by atoms with Gasteiger partial charge in [-0.05, 0) is 18.7 Å². The van der Waals surface area contributed by atoms with E-state index in [4.69, 9.17) is 11.6 Å². The molecular weight excluding hydrogens is 274 g/mol. The minimum absolute atomic E-state index is 0.226. The van der Waals surface area contributed by atoms with Gasteiger partial charge in [0.25, 0.3) is 0 Å². The lowest BCUT2D eigenvalue weighted by molar-refractivity contribution is 0.660. The van der Waals surface area contributed by atoms with Crippen molar-refractivity contribution in [3.05, 3.63) is 27.5 Å². The van der Waals surface area contributed by atoms with Crippen LogP contribution in [-0.4, -0.2) is 24.7 Å². The van der Waals surface area contributed by atoms with Crippen LogP contribution >= 0.6 is 23.4 Å². The number of hydrogen-bond donors (Lipinski definition) is 1. The number of aryl methyl sites for hydroxylation is 1. The van der Waals surface area contributed by atoms with E-state index in [9.17, 15) is 4.79 Å². The summed E-state index contributed by atoms with van der Waals surface area (Å²) in [5.41, 5.74) is -0.226. The van der Waals surface area contributed by atoms with Crippen LogP contribution < -0.4 is 5.69 Å². The molecule has 0 aliphatic rings. The molecule has 0 atom stereocenters. The molecule has 6 nitrogen and oxygen atoms in total. The zero-order valence-electron chi connectivity index (χ0n) is 9.97. The Labute approximate surface area is 113 Å². The van der Waals surface area contributed by atoms with Crippen molar-refractivity contribution in [2.45, 2.75) is 37.0 Å². The normalized spacial score (nSPS) is 10.8. The van der Waals surface area contributed by atoms with E-state index in [1.165, 1.54) is 16.3 Å². The molecule has 96 valence electrons. The van der Waals surface area contributed by atoms with Gasteiger partial charge in [0.1, 0.15) is 16.0 Å². The monoisotopic (exact) mass is 285 g/mol. The van der Waals surface area contributed by atoms with Gasteiger partial charge in [-0.3, -0.25) is 4.57 Å². The highest BCUT2D eigenvalue weighted by Crippen LogP contribution is 2.24. The summed E-state index contributed by atoms with van der Waals surface area (Å²) in [6.07, 6.45) is 0.704. The Morgan fingerprint density at radius 2 is 2.22 bits per heavy atom. The molecule has 8 heteroatoms. The summed E-state index contributed by atoms with van der Waals surface area (Å²) >= 11 is 7.20. The van der Waals surface area contributed by atoms with E-state index in [0.717, 1.165) is 0 Å². The van der Waals surface area contributed by atoms with E-state index in [-0.39, 0.29) is 5.69 Å². The molecule has 0 saturated carbocycles. The van der Waals surface area contributed by atoms with Crippen LogP contribution in [0, 0.1) is 0 Å². The molecule has 2 rings (SSSR count). The quantitative estimate of drug-likeness (QED) is 0.866. The molecule has 2 aromatic rings. The molecule has 18 heavy (non-hydrogen) atoms. The minimum atomic E-state index is -0.226. The van der Waals surface area contributed by atoms with Crippen molar-refractivity contribution in [2.24, 2.45) is 0 Å². The Bertz CT molecular complexity index is 609. The van der Waals surface area contributed by atoms with Crippen molar-refractivity contribution >= 4 is 23.4 Å². The average molecular weight is 286 g/mol. The van der Waals surface area contributed by atoms with Gasteiger partial charge in [0.05, 0.1) is 0 Å². The maximum atomic E-state index is 11.4. The van der Waals surface area contributed by atoms with E-state index >= 15 is 0 Å². The number of nitrogens with zero attached hydrogens (tertiary/aromatic N) is 4. The molecule has 0 radical (unpaired) electrons. The maximum Gasteiger partial charge on any atom is 0.343 e. The van der Waals surface area contributed by atoms with Crippen LogP contribution in [0.15, 0.2) is 21.0 Å². The zero-order chi connectivity index (χ0) is 13.1. The second kappa shape index (κ2) is 5.53. The van der Waals surface area contributed by atoms with Crippen molar-refractivity contribution in [1.29, 1.82) is 0 Å². The number of aromatic amines is 1. The molecule has 0 unspecified atom stereocenters. The molecule has 0 spiro atoms. The second-order valence-corrected chi connectivity index (χ2v) is 4.83. The summed E-state index contributed by atoms with van der Waals surface area (Å²) in [6, 6.07) is 1.66. The highest BCUT2D eigenvalue weighted by Gasteiger charge is 2.10. The van der Waals surface area contributed by atoms with Crippen LogP contribution in [0.4, 0.5) is 0 Å². The van der Waals surface area contributed by atoms with Gasteiger partial charge in [-0.2, -0.15) is 0 Å². The first kappa shape index (κ1) is 13.1. The van der Waals surface area contributed by atoms with E-state index in [1.54, 1.807) is 6.07 Å². The van der Waals surface area contributed by atoms with Crippen molar-refractivity contribution in [1.82, 2.24) is 24.7 Å². The minimum Gasteiger partial charge on any atom is -0.270 e. The molecular formula is C10H12ClN5OS. The smallest absolute Gasteiger partial charge is 0.270 e. The van der Waals surface area contributed by atoms with Gasteiger partial charge in [0.15, 0.2) is 5.16 Å². The first-order chi connectivity index (χ1) is 8.63. The summed E-state index contributed by atoms with van der Waals surface area (Å²) in [6.45, 7) is 4.39. The molecule has 0 aliphatic carbocycles. The second-order valence-electron chi connectivity index (χ2n) is 3.46. The number of rotatable bonds is 4. The van der Waals surface area contributed by atoms with Gasteiger partial charge in [0, 0.05) is 19.0 Å². The standard InChI is InChI=1S/C10H12ClN5OS/c1-3-7-12-6(11)5-8(13-7)18-10-15-14-9(17)16(10)4-2/h5H,3-4H2,1-2H3,(H,14,17). The van der Waals surface area contributed by atoms with Crippen LogP contribution in [0.1, 0.15) is 19.7 Å². The molecule has 0 aliphatic heterocycles. The third-order valence-electron chi connectivity index (χ3n) is 2.27. The van der Waals surface area contributed by atoms with Gasteiger partial charge in [-0.1, -0.05) is 18.5 Å². The van der Waals surface area contributed by atoms with Crippen LogP contribution in [0.25, 0.3) is 0 Å². The van der Waals surface area contributed by atoms with Crippen molar-refractivity contribution in [3.63, 3.8) is 0 Å². The molecule has 2 heterocycles. The topological polar surface area (TPSA) is 76.5 Å². The Hall–Kier alpha value is -1.34. The predicted molar refractivity (Wildman–Crippen MR) is 69.1 cm³/mol. The summed E-state index contributed by atoms with van der Waals surface area (Å²) in [5, 5.41) is 8.01. The largest absolute Gasteiger partial charge is 0.343 e. The number of H-pyrrole nitrogens is 1. The Morgan fingerprint density at radius 1 is 1.44 bits per heavy atom. The summed E-state index contributed by atoms with van der Waals surface area (Å²) < 4.78 is 1.53. The van der Waals surface area contributed by atoms with E-state index in [0.29, 0.717) is 34.1 Å². The highest BCUT2D eigenvalue weighted by molar-refractivity contribution is 7.99. The third kappa shape index (κ3) is 2.73. The van der Waals surface area contributed by atoms with Gasteiger partial charge in [-0.15, -0.1) is 5.10 Å². The number of halogens is 1. The lowest BCUT2D eigenvalue weighted by atomic mass is 10.4. The average Bonchev–Trinajstić information content (AvgIpc) is 2.69. The third-order valence-corrected chi connectivity index (χ3v) is 3.38. The van der Waals surface area contributed by atoms with Crippen LogP contribution in [0.3, 0.4) is 0 Å². The lowest BCUT2D eigenvalue weighted by Gasteiger charge is -2.03. The van der Waals surface area contributed by atoms with Crippen molar-refractivity contribution < 1.29 is 0 Å². The molecule has 0 aromatic carbocycles. The van der Waals surface area contributed by atoms with Crippen molar-refractivity contribution in [2.75, 3.05) is 0 Å². The first-order valence-electron chi connectivity index (χ1n) is 5.50. The summed E-state index contributed by atoms with van der Waals surface area (Å²) in [5.74, 6) is 0.672. The van der Waals surface area contributed by atoms with Crippen LogP contribution in [0.2, 0.25) is 5.15 Å². The van der Waals surface area contributed by atoms with Gasteiger partial charge in [0.2, 0.25) is 0 Å². The molecule has 0 saturated heterocycles. The lowest BCUT2D eigenvalue weighted by Crippen LogP contribution is -2.16. The molecule has 0 amide bonds. The number of hydrogen-bond acceptors (Lipinski definition) is 5. The van der Waals surface area contributed by atoms with Gasteiger partial charge >= 0.3 is 5.69 Å².